The van der Waals surface area contributed by atoms with Crippen LogP contribution < -0.4 is 9.75 Å². The lowest BCUT2D eigenvalue weighted by atomic mass is 10.4. The molecule has 1 heteroatoms. The molecule has 0 radical (unpaired) electrons. The SMILES string of the molecule is C/C=c1/ccs/c1=C/C.CC.CC. The summed E-state index contributed by atoms with van der Waals surface area (Å²) < 4.78 is 1.37. The van der Waals surface area contributed by atoms with Crippen LogP contribution in [0.3, 0.4) is 0 Å². The minimum absolute atomic E-state index is 1.35. The van der Waals surface area contributed by atoms with Gasteiger partial charge in [-0.3, -0.25) is 0 Å². The highest BCUT2D eigenvalue weighted by Crippen LogP contribution is 1.79. The summed E-state index contributed by atoms with van der Waals surface area (Å²) in [5.41, 5.74) is 0. The molecule has 76 valence electrons. The van der Waals surface area contributed by atoms with Crippen molar-refractivity contribution in [3.05, 3.63) is 21.2 Å². The van der Waals surface area contributed by atoms with Crippen LogP contribution >= 0.6 is 11.3 Å². The van der Waals surface area contributed by atoms with Crippen LogP contribution in [0.2, 0.25) is 0 Å². The minimum atomic E-state index is 1.35. The van der Waals surface area contributed by atoms with Crippen LogP contribution in [0.5, 0.6) is 0 Å². The maximum Gasteiger partial charge on any atom is 0.0296 e. The van der Waals surface area contributed by atoms with Crippen molar-refractivity contribution in [2.45, 2.75) is 41.5 Å². The molecule has 0 saturated heterocycles. The van der Waals surface area contributed by atoms with E-state index < -0.39 is 0 Å². The summed E-state index contributed by atoms with van der Waals surface area (Å²) in [5, 5.41) is 3.47. The van der Waals surface area contributed by atoms with E-state index in [9.17, 15) is 0 Å². The lowest BCUT2D eigenvalue weighted by Crippen LogP contribution is -2.15. The Hall–Kier alpha value is -0.560. The van der Waals surface area contributed by atoms with Crippen LogP contribution in [0.15, 0.2) is 11.4 Å². The van der Waals surface area contributed by atoms with E-state index in [0.29, 0.717) is 0 Å². The Morgan fingerprint density at radius 3 is 1.85 bits per heavy atom. The van der Waals surface area contributed by atoms with Gasteiger partial charge in [0, 0.05) is 4.53 Å². The van der Waals surface area contributed by atoms with Crippen molar-refractivity contribution in [2.75, 3.05) is 0 Å². The molecule has 1 aromatic heterocycles. The Morgan fingerprint density at radius 2 is 1.54 bits per heavy atom. The first-order valence-electron chi connectivity index (χ1n) is 5.04. The quantitative estimate of drug-likeness (QED) is 0.599. The van der Waals surface area contributed by atoms with Gasteiger partial charge >= 0.3 is 0 Å². The molecule has 0 atom stereocenters. The molecule has 0 bridgehead atoms. The fraction of sp³-hybridized carbons (Fsp3) is 0.500. The van der Waals surface area contributed by atoms with E-state index in [2.05, 4.69) is 37.4 Å². The standard InChI is InChI=1S/C8H10S.2C2H6/c1-3-7-5-6-9-8(7)4-2;2*1-2/h3-6H,1-2H3;2*1-2H3/b7-3-,8-4+;;. The van der Waals surface area contributed by atoms with E-state index in [0.717, 1.165) is 0 Å². The van der Waals surface area contributed by atoms with Gasteiger partial charge in [0.2, 0.25) is 0 Å². The van der Waals surface area contributed by atoms with Crippen molar-refractivity contribution in [1.82, 2.24) is 0 Å². The average Bonchev–Trinajstić information content (AvgIpc) is 2.70. The third-order valence-corrected chi connectivity index (χ3v) is 2.30. The van der Waals surface area contributed by atoms with Gasteiger partial charge in [0.05, 0.1) is 0 Å². The zero-order valence-electron chi connectivity index (χ0n) is 9.72. The zero-order chi connectivity index (χ0) is 10.7. The smallest absolute Gasteiger partial charge is 0.0296 e. The number of thiophene rings is 1. The Kier molecular flexibility index (Phi) is 13.1. The molecule has 0 unspecified atom stereocenters. The van der Waals surface area contributed by atoms with E-state index in [1.807, 2.05) is 27.7 Å². The third kappa shape index (κ3) is 5.64. The molecule has 0 amide bonds. The van der Waals surface area contributed by atoms with Crippen molar-refractivity contribution in [1.29, 1.82) is 0 Å². The first-order chi connectivity index (χ1) is 6.38. The van der Waals surface area contributed by atoms with E-state index in [1.165, 1.54) is 9.75 Å². The Labute approximate surface area is 86.6 Å². The number of hydrogen-bond acceptors (Lipinski definition) is 1. The summed E-state index contributed by atoms with van der Waals surface area (Å²) in [6.07, 6.45) is 4.27. The Bertz CT molecular complexity index is 252. The van der Waals surface area contributed by atoms with Gasteiger partial charge in [0.1, 0.15) is 0 Å². The minimum Gasteiger partial charge on any atom is -0.144 e. The molecular formula is C12H22S. The second-order valence-electron chi connectivity index (χ2n) is 1.82. The van der Waals surface area contributed by atoms with E-state index >= 15 is 0 Å². The van der Waals surface area contributed by atoms with Gasteiger partial charge in [-0.25, -0.2) is 0 Å². The first kappa shape index (κ1) is 14.9. The predicted octanol–water partition coefficient (Wildman–Crippen LogP) is 3.40. The molecule has 0 nitrogen and oxygen atoms in total. The highest BCUT2D eigenvalue weighted by molar-refractivity contribution is 7.07. The molecular weight excluding hydrogens is 176 g/mol. The topological polar surface area (TPSA) is 0 Å². The van der Waals surface area contributed by atoms with Gasteiger partial charge in [-0.1, -0.05) is 39.8 Å². The summed E-state index contributed by atoms with van der Waals surface area (Å²) in [5.74, 6) is 0. The molecule has 13 heavy (non-hydrogen) atoms. The van der Waals surface area contributed by atoms with Gasteiger partial charge in [-0.05, 0) is 30.5 Å². The third-order valence-electron chi connectivity index (χ3n) is 1.30. The Balaban J connectivity index is 0. The van der Waals surface area contributed by atoms with Crippen molar-refractivity contribution in [3.8, 4) is 0 Å². The summed E-state index contributed by atoms with van der Waals surface area (Å²) in [7, 11) is 0. The van der Waals surface area contributed by atoms with E-state index in [4.69, 9.17) is 0 Å². The van der Waals surface area contributed by atoms with Crippen molar-refractivity contribution >= 4 is 23.5 Å². The lowest BCUT2D eigenvalue weighted by molar-refractivity contribution is 1.50. The van der Waals surface area contributed by atoms with E-state index in [1.54, 1.807) is 11.3 Å². The molecule has 1 rings (SSSR count). The Morgan fingerprint density at radius 1 is 1.00 bits per heavy atom. The first-order valence-corrected chi connectivity index (χ1v) is 5.92. The molecule has 0 aromatic carbocycles. The van der Waals surface area contributed by atoms with Gasteiger partial charge in [0.15, 0.2) is 0 Å². The predicted molar refractivity (Wildman–Crippen MR) is 66.5 cm³/mol. The summed E-state index contributed by atoms with van der Waals surface area (Å²) >= 11 is 1.79. The molecule has 0 fully saturated rings. The monoisotopic (exact) mass is 198 g/mol. The fourth-order valence-corrected chi connectivity index (χ4v) is 1.62. The van der Waals surface area contributed by atoms with Crippen LogP contribution in [-0.2, 0) is 0 Å². The number of rotatable bonds is 0. The molecule has 0 aliphatic rings. The molecule has 0 N–H and O–H groups in total. The summed E-state index contributed by atoms with van der Waals surface area (Å²) in [6.45, 7) is 12.1. The van der Waals surface area contributed by atoms with Gasteiger partial charge in [-0.15, -0.1) is 11.3 Å². The highest BCUT2D eigenvalue weighted by Gasteiger charge is 1.79. The largest absolute Gasteiger partial charge is 0.144 e. The molecule has 1 heterocycles. The molecule has 0 spiro atoms. The van der Waals surface area contributed by atoms with Crippen LogP contribution in [0.4, 0.5) is 0 Å². The van der Waals surface area contributed by atoms with Crippen molar-refractivity contribution in [3.63, 3.8) is 0 Å². The van der Waals surface area contributed by atoms with Crippen molar-refractivity contribution < 1.29 is 0 Å². The fourth-order valence-electron chi connectivity index (χ4n) is 0.804. The van der Waals surface area contributed by atoms with Crippen LogP contribution in [-0.4, -0.2) is 0 Å². The van der Waals surface area contributed by atoms with Crippen LogP contribution in [0.25, 0.3) is 12.2 Å². The van der Waals surface area contributed by atoms with Gasteiger partial charge < -0.3 is 0 Å². The molecule has 0 aliphatic carbocycles. The summed E-state index contributed by atoms with van der Waals surface area (Å²) in [6, 6.07) is 2.14. The second-order valence-corrected chi connectivity index (χ2v) is 2.77. The maximum atomic E-state index is 2.14. The van der Waals surface area contributed by atoms with Gasteiger partial charge in [-0.2, -0.15) is 0 Å². The zero-order valence-corrected chi connectivity index (χ0v) is 10.5. The van der Waals surface area contributed by atoms with Crippen LogP contribution in [0, 0.1) is 0 Å². The summed E-state index contributed by atoms with van der Waals surface area (Å²) in [4.78, 5) is 0. The van der Waals surface area contributed by atoms with Crippen LogP contribution in [0.1, 0.15) is 41.5 Å². The second kappa shape index (κ2) is 11.4. The molecule has 0 saturated carbocycles. The highest BCUT2D eigenvalue weighted by atomic mass is 32.1. The lowest BCUT2D eigenvalue weighted by Gasteiger charge is -1.71. The molecule has 1 aromatic rings. The normalized spacial score (nSPS) is 11.2. The molecule has 0 aliphatic heterocycles. The van der Waals surface area contributed by atoms with Gasteiger partial charge in [0.25, 0.3) is 0 Å². The average molecular weight is 198 g/mol. The maximum absolute atomic E-state index is 2.14. The van der Waals surface area contributed by atoms with Crippen molar-refractivity contribution in [2.24, 2.45) is 0 Å². The van der Waals surface area contributed by atoms with E-state index in [-0.39, 0.29) is 0 Å². The number of hydrogen-bond donors (Lipinski definition) is 0.